The van der Waals surface area contributed by atoms with E-state index in [0.29, 0.717) is 12.1 Å². The van der Waals surface area contributed by atoms with Crippen LogP contribution in [0.4, 0.5) is 5.69 Å². The van der Waals surface area contributed by atoms with Gasteiger partial charge < -0.3 is 10.6 Å². The van der Waals surface area contributed by atoms with E-state index in [0.717, 1.165) is 17.8 Å². The SMILES string of the molecule is CNc1ccccc1C(=O)NCCc1ccccn1. The van der Waals surface area contributed by atoms with Crippen molar-refractivity contribution in [2.45, 2.75) is 6.42 Å². The van der Waals surface area contributed by atoms with E-state index in [1.165, 1.54) is 0 Å². The number of carbonyl (C=O) groups is 1. The molecule has 1 amide bonds. The summed E-state index contributed by atoms with van der Waals surface area (Å²) in [6, 6.07) is 13.2. The molecular weight excluding hydrogens is 238 g/mol. The average molecular weight is 255 g/mol. The third kappa shape index (κ3) is 3.55. The number of benzene rings is 1. The molecular formula is C15H17N3O. The minimum atomic E-state index is -0.0686. The van der Waals surface area contributed by atoms with Crippen LogP contribution in [0.3, 0.4) is 0 Å². The molecule has 0 atom stereocenters. The third-order valence-electron chi connectivity index (χ3n) is 2.83. The van der Waals surface area contributed by atoms with Gasteiger partial charge in [-0.25, -0.2) is 0 Å². The van der Waals surface area contributed by atoms with Gasteiger partial charge in [-0.05, 0) is 24.3 Å². The van der Waals surface area contributed by atoms with Gasteiger partial charge in [-0.2, -0.15) is 0 Å². The second-order valence-electron chi connectivity index (χ2n) is 4.12. The zero-order valence-corrected chi connectivity index (χ0v) is 10.9. The van der Waals surface area contributed by atoms with Crippen LogP contribution in [0.1, 0.15) is 16.1 Å². The van der Waals surface area contributed by atoms with Gasteiger partial charge in [-0.1, -0.05) is 18.2 Å². The summed E-state index contributed by atoms with van der Waals surface area (Å²) in [5, 5.41) is 5.91. The summed E-state index contributed by atoms with van der Waals surface area (Å²) in [5.41, 5.74) is 2.47. The number of para-hydroxylation sites is 1. The van der Waals surface area contributed by atoms with E-state index in [4.69, 9.17) is 0 Å². The van der Waals surface area contributed by atoms with Crippen molar-refractivity contribution in [3.05, 3.63) is 59.9 Å². The second-order valence-corrected chi connectivity index (χ2v) is 4.12. The molecule has 98 valence electrons. The maximum Gasteiger partial charge on any atom is 0.253 e. The Balaban J connectivity index is 1.91. The molecule has 19 heavy (non-hydrogen) atoms. The minimum absolute atomic E-state index is 0.0686. The molecule has 0 fully saturated rings. The van der Waals surface area contributed by atoms with Crippen LogP contribution >= 0.6 is 0 Å². The first-order chi connectivity index (χ1) is 9.31. The van der Waals surface area contributed by atoms with Gasteiger partial charge in [0.2, 0.25) is 0 Å². The molecule has 0 bridgehead atoms. The summed E-state index contributed by atoms with van der Waals surface area (Å²) in [4.78, 5) is 16.3. The molecule has 0 unspecified atom stereocenters. The third-order valence-corrected chi connectivity index (χ3v) is 2.83. The molecule has 0 saturated carbocycles. The highest BCUT2D eigenvalue weighted by atomic mass is 16.1. The average Bonchev–Trinajstić information content (AvgIpc) is 2.48. The van der Waals surface area contributed by atoms with Gasteiger partial charge in [0.1, 0.15) is 0 Å². The van der Waals surface area contributed by atoms with Crippen LogP contribution in [0.25, 0.3) is 0 Å². The molecule has 0 aliphatic rings. The smallest absolute Gasteiger partial charge is 0.253 e. The number of carbonyl (C=O) groups excluding carboxylic acids is 1. The fourth-order valence-corrected chi connectivity index (χ4v) is 1.84. The first kappa shape index (κ1) is 13.1. The molecule has 4 heteroatoms. The van der Waals surface area contributed by atoms with Crippen LogP contribution in [-0.4, -0.2) is 24.5 Å². The Kier molecular flexibility index (Phi) is 4.50. The van der Waals surface area contributed by atoms with E-state index >= 15 is 0 Å². The molecule has 4 nitrogen and oxygen atoms in total. The highest BCUT2D eigenvalue weighted by Gasteiger charge is 2.08. The molecule has 1 aromatic heterocycles. The number of rotatable bonds is 5. The normalized spacial score (nSPS) is 9.95. The summed E-state index contributed by atoms with van der Waals surface area (Å²) in [5.74, 6) is -0.0686. The maximum absolute atomic E-state index is 12.0. The molecule has 0 spiro atoms. The maximum atomic E-state index is 12.0. The zero-order chi connectivity index (χ0) is 13.5. The van der Waals surface area contributed by atoms with Gasteiger partial charge in [0.05, 0.1) is 5.56 Å². The summed E-state index contributed by atoms with van der Waals surface area (Å²) < 4.78 is 0. The Hall–Kier alpha value is -2.36. The van der Waals surface area contributed by atoms with Crippen LogP contribution in [0.2, 0.25) is 0 Å². The van der Waals surface area contributed by atoms with Crippen LogP contribution in [0, 0.1) is 0 Å². The van der Waals surface area contributed by atoms with Crippen molar-refractivity contribution in [3.63, 3.8) is 0 Å². The Bertz CT molecular complexity index is 540. The van der Waals surface area contributed by atoms with Crippen molar-refractivity contribution in [1.29, 1.82) is 0 Å². The number of amides is 1. The number of aromatic nitrogens is 1. The summed E-state index contributed by atoms with van der Waals surface area (Å²) in [7, 11) is 1.81. The lowest BCUT2D eigenvalue weighted by molar-refractivity contribution is 0.0955. The quantitative estimate of drug-likeness (QED) is 0.860. The Morgan fingerprint density at radius 1 is 1.16 bits per heavy atom. The number of anilines is 1. The van der Waals surface area contributed by atoms with Crippen molar-refractivity contribution in [3.8, 4) is 0 Å². The lowest BCUT2D eigenvalue weighted by Gasteiger charge is -2.09. The molecule has 0 radical (unpaired) electrons. The van der Waals surface area contributed by atoms with Crippen LogP contribution in [0.5, 0.6) is 0 Å². The molecule has 0 saturated heterocycles. The fraction of sp³-hybridized carbons (Fsp3) is 0.200. The van der Waals surface area contributed by atoms with Crippen LogP contribution < -0.4 is 10.6 Å². The molecule has 0 aliphatic heterocycles. The minimum Gasteiger partial charge on any atom is -0.387 e. The Labute approximate surface area is 112 Å². The van der Waals surface area contributed by atoms with Crippen LogP contribution in [0.15, 0.2) is 48.7 Å². The van der Waals surface area contributed by atoms with E-state index in [2.05, 4.69) is 15.6 Å². The van der Waals surface area contributed by atoms with Crippen molar-refractivity contribution in [2.75, 3.05) is 18.9 Å². The van der Waals surface area contributed by atoms with Gasteiger partial charge in [-0.15, -0.1) is 0 Å². The standard InChI is InChI=1S/C15H17N3O/c1-16-14-8-3-2-7-13(14)15(19)18-11-9-12-6-4-5-10-17-12/h2-8,10,16H,9,11H2,1H3,(H,18,19). The van der Waals surface area contributed by atoms with Gasteiger partial charge in [0.25, 0.3) is 5.91 Å². The monoisotopic (exact) mass is 255 g/mol. The van der Waals surface area contributed by atoms with Gasteiger partial charge in [0.15, 0.2) is 0 Å². The molecule has 2 aromatic rings. The summed E-state index contributed by atoms with van der Waals surface area (Å²) >= 11 is 0. The second kappa shape index (κ2) is 6.54. The number of nitrogens with one attached hydrogen (secondary N) is 2. The largest absolute Gasteiger partial charge is 0.387 e. The van der Waals surface area contributed by atoms with Gasteiger partial charge in [0, 0.05) is 37.6 Å². The molecule has 0 aliphatic carbocycles. The first-order valence-electron chi connectivity index (χ1n) is 6.26. The molecule has 1 aromatic carbocycles. The Morgan fingerprint density at radius 2 is 1.95 bits per heavy atom. The number of hydrogen-bond donors (Lipinski definition) is 2. The number of hydrogen-bond acceptors (Lipinski definition) is 3. The van der Waals surface area contributed by atoms with E-state index < -0.39 is 0 Å². The van der Waals surface area contributed by atoms with Gasteiger partial charge >= 0.3 is 0 Å². The predicted octanol–water partition coefficient (Wildman–Crippen LogP) is 2.10. The number of pyridine rings is 1. The van der Waals surface area contributed by atoms with Gasteiger partial charge in [-0.3, -0.25) is 9.78 Å². The van der Waals surface area contributed by atoms with E-state index in [-0.39, 0.29) is 5.91 Å². The highest BCUT2D eigenvalue weighted by molar-refractivity contribution is 5.99. The predicted molar refractivity (Wildman–Crippen MR) is 76.3 cm³/mol. The molecule has 1 heterocycles. The highest BCUT2D eigenvalue weighted by Crippen LogP contribution is 2.13. The number of nitrogens with zero attached hydrogens (tertiary/aromatic N) is 1. The summed E-state index contributed by atoms with van der Waals surface area (Å²) in [6.07, 6.45) is 2.49. The molecule has 2 N–H and O–H groups in total. The van der Waals surface area contributed by atoms with E-state index in [1.807, 2.05) is 42.5 Å². The topological polar surface area (TPSA) is 54.0 Å². The van der Waals surface area contributed by atoms with Crippen LogP contribution in [-0.2, 0) is 6.42 Å². The lowest BCUT2D eigenvalue weighted by atomic mass is 10.1. The van der Waals surface area contributed by atoms with Crippen molar-refractivity contribution < 1.29 is 4.79 Å². The van der Waals surface area contributed by atoms with Crippen molar-refractivity contribution in [2.24, 2.45) is 0 Å². The lowest BCUT2D eigenvalue weighted by Crippen LogP contribution is -2.26. The Morgan fingerprint density at radius 3 is 2.68 bits per heavy atom. The summed E-state index contributed by atoms with van der Waals surface area (Å²) in [6.45, 7) is 0.577. The first-order valence-corrected chi connectivity index (χ1v) is 6.26. The van der Waals surface area contributed by atoms with E-state index in [1.54, 1.807) is 13.2 Å². The van der Waals surface area contributed by atoms with Crippen molar-refractivity contribution >= 4 is 11.6 Å². The van der Waals surface area contributed by atoms with E-state index in [9.17, 15) is 4.79 Å². The zero-order valence-electron chi connectivity index (χ0n) is 10.9. The van der Waals surface area contributed by atoms with Crippen molar-refractivity contribution in [1.82, 2.24) is 10.3 Å². The fourth-order valence-electron chi connectivity index (χ4n) is 1.84. The molecule has 2 rings (SSSR count).